The molecule has 29 heavy (non-hydrogen) atoms. The van der Waals surface area contributed by atoms with Gasteiger partial charge < -0.3 is 14.2 Å². The van der Waals surface area contributed by atoms with Gasteiger partial charge in [-0.05, 0) is 84.9 Å². The fourth-order valence-electron chi connectivity index (χ4n) is 2.62. The van der Waals surface area contributed by atoms with Crippen molar-refractivity contribution in [2.45, 2.75) is 0 Å². The molecular formula is C24H16Br2O3. The highest BCUT2D eigenvalue weighted by Gasteiger charge is 2.03. The van der Waals surface area contributed by atoms with Gasteiger partial charge >= 0.3 is 0 Å². The Labute approximate surface area is 186 Å². The first-order chi connectivity index (χ1) is 14.1. The van der Waals surface area contributed by atoms with Crippen LogP contribution in [0.15, 0.2) is 106 Å². The van der Waals surface area contributed by atoms with Gasteiger partial charge in [-0.3, -0.25) is 0 Å². The first kappa shape index (κ1) is 19.6. The molecule has 0 heterocycles. The van der Waals surface area contributed by atoms with Gasteiger partial charge in [0.2, 0.25) is 0 Å². The lowest BCUT2D eigenvalue weighted by Gasteiger charge is -2.10. The summed E-state index contributed by atoms with van der Waals surface area (Å²) in [4.78, 5) is 0. The monoisotopic (exact) mass is 510 g/mol. The van der Waals surface area contributed by atoms with Gasteiger partial charge in [-0.2, -0.15) is 0 Å². The van der Waals surface area contributed by atoms with Crippen molar-refractivity contribution in [3.05, 3.63) is 106 Å². The van der Waals surface area contributed by atoms with Crippen LogP contribution in [0.3, 0.4) is 0 Å². The highest BCUT2D eigenvalue weighted by atomic mass is 79.9. The Kier molecular flexibility index (Phi) is 6.17. The Balaban J connectivity index is 1.37. The van der Waals surface area contributed by atoms with Crippen LogP contribution in [0.1, 0.15) is 0 Å². The molecule has 0 aliphatic heterocycles. The van der Waals surface area contributed by atoms with Gasteiger partial charge in [-0.15, -0.1) is 0 Å². The smallest absolute Gasteiger partial charge is 0.128 e. The maximum Gasteiger partial charge on any atom is 0.128 e. The molecule has 0 aliphatic carbocycles. The van der Waals surface area contributed by atoms with Gasteiger partial charge in [-0.25, -0.2) is 0 Å². The normalized spacial score (nSPS) is 10.4. The summed E-state index contributed by atoms with van der Waals surface area (Å²) in [6.07, 6.45) is 0. The largest absolute Gasteiger partial charge is 0.457 e. The minimum absolute atomic E-state index is 0.729. The Morgan fingerprint density at radius 3 is 1.00 bits per heavy atom. The lowest BCUT2D eigenvalue weighted by atomic mass is 10.3. The van der Waals surface area contributed by atoms with Crippen LogP contribution in [0.2, 0.25) is 0 Å². The van der Waals surface area contributed by atoms with Gasteiger partial charge in [0.05, 0.1) is 0 Å². The van der Waals surface area contributed by atoms with Crippen LogP contribution in [0, 0.1) is 0 Å². The molecule has 0 radical (unpaired) electrons. The predicted octanol–water partition coefficient (Wildman–Crippen LogP) is 8.59. The highest BCUT2D eigenvalue weighted by Crippen LogP contribution is 2.30. The molecule has 5 heteroatoms. The fraction of sp³-hybridized carbons (Fsp3) is 0. The average molecular weight is 512 g/mol. The Morgan fingerprint density at radius 1 is 0.379 bits per heavy atom. The van der Waals surface area contributed by atoms with Crippen LogP contribution in [0.4, 0.5) is 0 Å². The number of benzene rings is 4. The van der Waals surface area contributed by atoms with Crippen LogP contribution in [0.25, 0.3) is 0 Å². The van der Waals surface area contributed by atoms with E-state index in [-0.39, 0.29) is 0 Å². The van der Waals surface area contributed by atoms with Crippen LogP contribution < -0.4 is 14.2 Å². The third kappa shape index (κ3) is 5.62. The summed E-state index contributed by atoms with van der Waals surface area (Å²) in [7, 11) is 0. The van der Waals surface area contributed by atoms with Crippen molar-refractivity contribution in [3.8, 4) is 34.5 Å². The van der Waals surface area contributed by atoms with E-state index in [0.29, 0.717) is 0 Å². The summed E-state index contributed by atoms with van der Waals surface area (Å²) in [6.45, 7) is 0. The first-order valence-electron chi connectivity index (χ1n) is 8.89. The third-order valence-electron chi connectivity index (χ3n) is 3.95. The molecule has 0 aromatic heterocycles. The van der Waals surface area contributed by atoms with E-state index >= 15 is 0 Å². The van der Waals surface area contributed by atoms with Crippen LogP contribution in [-0.4, -0.2) is 0 Å². The zero-order valence-electron chi connectivity index (χ0n) is 15.2. The summed E-state index contributed by atoms with van der Waals surface area (Å²) >= 11 is 6.88. The SMILES string of the molecule is Brc1cccc(Oc2ccc(Oc3ccc(Oc4cccc(Br)c4)cc3)cc2)c1. The lowest BCUT2D eigenvalue weighted by molar-refractivity contribution is 0.464. The third-order valence-corrected chi connectivity index (χ3v) is 4.93. The lowest BCUT2D eigenvalue weighted by Crippen LogP contribution is -1.87. The zero-order chi connectivity index (χ0) is 20.1. The van der Waals surface area contributed by atoms with E-state index in [1.54, 1.807) is 0 Å². The van der Waals surface area contributed by atoms with E-state index in [9.17, 15) is 0 Å². The van der Waals surface area contributed by atoms with Crippen molar-refractivity contribution in [3.63, 3.8) is 0 Å². The van der Waals surface area contributed by atoms with Crippen molar-refractivity contribution in [1.29, 1.82) is 0 Å². The second-order valence-electron chi connectivity index (χ2n) is 6.16. The average Bonchev–Trinajstić information content (AvgIpc) is 2.71. The van der Waals surface area contributed by atoms with Crippen molar-refractivity contribution in [2.24, 2.45) is 0 Å². The standard InChI is InChI=1S/C24H16Br2O3/c25-17-3-1-5-23(15-17)28-21-11-7-19(8-12-21)27-20-9-13-22(14-10-20)29-24-6-2-4-18(26)16-24/h1-16H. The molecule has 0 saturated carbocycles. The number of ether oxygens (including phenoxy) is 3. The summed E-state index contributed by atoms with van der Waals surface area (Å²) in [6, 6.07) is 30.4. The fourth-order valence-corrected chi connectivity index (χ4v) is 3.38. The molecular weight excluding hydrogens is 496 g/mol. The van der Waals surface area contributed by atoms with Gasteiger partial charge in [0.15, 0.2) is 0 Å². The Hall–Kier alpha value is -2.76. The van der Waals surface area contributed by atoms with Gasteiger partial charge in [0.25, 0.3) is 0 Å². The Morgan fingerprint density at radius 2 is 0.690 bits per heavy atom. The van der Waals surface area contributed by atoms with Crippen LogP contribution in [0.5, 0.6) is 34.5 Å². The maximum absolute atomic E-state index is 5.90. The van der Waals surface area contributed by atoms with E-state index in [4.69, 9.17) is 14.2 Å². The van der Waals surface area contributed by atoms with Crippen molar-refractivity contribution in [1.82, 2.24) is 0 Å². The maximum atomic E-state index is 5.90. The molecule has 0 atom stereocenters. The topological polar surface area (TPSA) is 27.7 Å². The van der Waals surface area contributed by atoms with E-state index in [2.05, 4.69) is 31.9 Å². The molecule has 144 valence electrons. The molecule has 0 bridgehead atoms. The highest BCUT2D eigenvalue weighted by molar-refractivity contribution is 9.10. The van der Waals surface area contributed by atoms with Gasteiger partial charge in [0, 0.05) is 8.95 Å². The summed E-state index contributed by atoms with van der Waals surface area (Å²) in [5, 5.41) is 0. The van der Waals surface area contributed by atoms with E-state index in [1.165, 1.54) is 0 Å². The predicted molar refractivity (Wildman–Crippen MR) is 121 cm³/mol. The molecule has 4 rings (SSSR count). The van der Waals surface area contributed by atoms with Gasteiger partial charge in [-0.1, -0.05) is 44.0 Å². The molecule has 0 aliphatic rings. The van der Waals surface area contributed by atoms with E-state index in [1.807, 2.05) is 97.1 Å². The number of rotatable bonds is 6. The van der Waals surface area contributed by atoms with Crippen LogP contribution >= 0.6 is 31.9 Å². The van der Waals surface area contributed by atoms with E-state index < -0.39 is 0 Å². The molecule has 3 nitrogen and oxygen atoms in total. The summed E-state index contributed by atoms with van der Waals surface area (Å²) < 4.78 is 19.5. The number of hydrogen-bond acceptors (Lipinski definition) is 3. The van der Waals surface area contributed by atoms with Crippen molar-refractivity contribution in [2.75, 3.05) is 0 Å². The van der Waals surface area contributed by atoms with E-state index in [0.717, 1.165) is 43.4 Å². The number of halogens is 2. The molecule has 0 N–H and O–H groups in total. The first-order valence-corrected chi connectivity index (χ1v) is 10.5. The van der Waals surface area contributed by atoms with Crippen molar-refractivity contribution < 1.29 is 14.2 Å². The molecule has 4 aromatic rings. The summed E-state index contributed by atoms with van der Waals surface area (Å²) in [5.74, 6) is 4.49. The quantitative estimate of drug-likeness (QED) is 0.259. The molecule has 0 unspecified atom stereocenters. The minimum atomic E-state index is 0.729. The zero-order valence-corrected chi connectivity index (χ0v) is 18.4. The van der Waals surface area contributed by atoms with Crippen molar-refractivity contribution >= 4 is 31.9 Å². The Bertz CT molecular complexity index is 1000. The molecule has 0 amide bonds. The van der Waals surface area contributed by atoms with Crippen LogP contribution in [-0.2, 0) is 0 Å². The molecule has 0 saturated heterocycles. The molecule has 4 aromatic carbocycles. The van der Waals surface area contributed by atoms with Gasteiger partial charge in [0.1, 0.15) is 34.5 Å². The molecule has 0 fully saturated rings. The summed E-state index contributed by atoms with van der Waals surface area (Å²) in [5.41, 5.74) is 0. The number of hydrogen-bond donors (Lipinski definition) is 0. The second-order valence-corrected chi connectivity index (χ2v) is 8.00. The molecule has 0 spiro atoms. The minimum Gasteiger partial charge on any atom is -0.457 e. The second kappa shape index (κ2) is 9.16.